The van der Waals surface area contributed by atoms with Crippen molar-refractivity contribution in [2.45, 2.75) is 0 Å². The Labute approximate surface area is 188 Å². The van der Waals surface area contributed by atoms with Crippen LogP contribution in [-0.2, 0) is 0 Å². The highest BCUT2D eigenvalue weighted by molar-refractivity contribution is 6.17. The third-order valence-electron chi connectivity index (χ3n) is 5.62. The molecule has 6 heteroatoms. The fourth-order valence-electron chi connectivity index (χ4n) is 4.07. The molecule has 0 fully saturated rings. The van der Waals surface area contributed by atoms with Crippen molar-refractivity contribution in [1.82, 2.24) is 15.2 Å². The summed E-state index contributed by atoms with van der Waals surface area (Å²) < 4.78 is 6.26. The highest BCUT2D eigenvalue weighted by atomic mass is 16.3. The fraction of sp³-hybridized carbons (Fsp3) is 0. The number of nitrogens with one attached hydrogen (secondary N) is 2. The Morgan fingerprint density at radius 3 is 2.15 bits per heavy atom. The number of aromatic amines is 1. The van der Waals surface area contributed by atoms with Crippen molar-refractivity contribution in [2.24, 2.45) is 0 Å². The van der Waals surface area contributed by atoms with Gasteiger partial charge in [0, 0.05) is 22.9 Å². The molecule has 0 saturated carbocycles. The lowest BCUT2D eigenvalue weighted by Crippen LogP contribution is -2.12. The normalized spacial score (nSPS) is 11.2. The number of aromatic nitrogens is 3. The van der Waals surface area contributed by atoms with E-state index < -0.39 is 0 Å². The topological polar surface area (TPSA) is 83.8 Å². The number of amides is 1. The molecule has 0 aliphatic heterocycles. The summed E-state index contributed by atoms with van der Waals surface area (Å²) in [4.78, 5) is 17.3. The summed E-state index contributed by atoms with van der Waals surface area (Å²) in [7, 11) is 0. The van der Waals surface area contributed by atoms with Gasteiger partial charge in [-0.05, 0) is 17.7 Å². The summed E-state index contributed by atoms with van der Waals surface area (Å²) >= 11 is 0. The van der Waals surface area contributed by atoms with E-state index in [0.29, 0.717) is 22.5 Å². The van der Waals surface area contributed by atoms with Crippen molar-refractivity contribution in [2.75, 3.05) is 5.32 Å². The average molecular weight is 430 g/mol. The number of fused-ring (bicyclic) bond motifs is 3. The van der Waals surface area contributed by atoms with Gasteiger partial charge in [-0.15, -0.1) is 0 Å². The number of carbonyl (C=O) groups is 1. The van der Waals surface area contributed by atoms with Crippen LogP contribution in [0.1, 0.15) is 10.4 Å². The molecule has 6 aromatic rings. The van der Waals surface area contributed by atoms with Gasteiger partial charge >= 0.3 is 0 Å². The molecule has 3 aromatic heterocycles. The molecule has 0 radical (unpaired) electrons. The zero-order valence-electron chi connectivity index (χ0n) is 17.4. The Morgan fingerprint density at radius 2 is 1.45 bits per heavy atom. The van der Waals surface area contributed by atoms with Crippen LogP contribution < -0.4 is 5.32 Å². The first kappa shape index (κ1) is 19.0. The molecule has 6 nitrogen and oxygen atoms in total. The maximum Gasteiger partial charge on any atom is 0.256 e. The van der Waals surface area contributed by atoms with E-state index in [1.165, 1.54) is 0 Å². The van der Waals surface area contributed by atoms with Crippen molar-refractivity contribution >= 4 is 33.7 Å². The first-order valence-electron chi connectivity index (χ1n) is 10.6. The maximum atomic E-state index is 12.7. The highest BCUT2D eigenvalue weighted by Crippen LogP contribution is 2.43. The fourth-order valence-corrected chi connectivity index (χ4v) is 4.07. The Balaban J connectivity index is 1.56. The van der Waals surface area contributed by atoms with Crippen LogP contribution in [0.5, 0.6) is 0 Å². The van der Waals surface area contributed by atoms with Crippen LogP contribution in [-0.4, -0.2) is 21.1 Å². The molecule has 158 valence electrons. The number of hydrogen-bond donors (Lipinski definition) is 2. The summed E-state index contributed by atoms with van der Waals surface area (Å²) in [5.41, 5.74) is 4.72. The van der Waals surface area contributed by atoms with Gasteiger partial charge in [-0.2, -0.15) is 5.10 Å². The van der Waals surface area contributed by atoms with Gasteiger partial charge in [-0.3, -0.25) is 9.89 Å². The molecule has 0 atom stereocenters. The lowest BCUT2D eigenvalue weighted by atomic mass is 9.98. The molecule has 0 unspecified atom stereocenters. The Hall–Kier alpha value is -4.71. The Morgan fingerprint density at radius 1 is 0.818 bits per heavy atom. The molecule has 0 aliphatic rings. The van der Waals surface area contributed by atoms with Gasteiger partial charge < -0.3 is 9.73 Å². The van der Waals surface area contributed by atoms with Gasteiger partial charge in [-0.25, -0.2) is 4.98 Å². The molecule has 33 heavy (non-hydrogen) atoms. The summed E-state index contributed by atoms with van der Waals surface area (Å²) in [5.74, 6) is 0.931. The Kier molecular flexibility index (Phi) is 4.47. The predicted octanol–water partition coefficient (Wildman–Crippen LogP) is 6.29. The Bertz CT molecular complexity index is 1590. The monoisotopic (exact) mass is 430 g/mol. The number of carbonyl (C=O) groups excluding carboxylic acids is 1. The van der Waals surface area contributed by atoms with Crippen molar-refractivity contribution in [1.29, 1.82) is 0 Å². The van der Waals surface area contributed by atoms with Crippen LogP contribution in [0.2, 0.25) is 0 Å². The molecule has 0 spiro atoms. The summed E-state index contributed by atoms with van der Waals surface area (Å²) in [5, 5.41) is 11.9. The van der Waals surface area contributed by atoms with Gasteiger partial charge in [0.25, 0.3) is 5.91 Å². The predicted molar refractivity (Wildman–Crippen MR) is 129 cm³/mol. The van der Waals surface area contributed by atoms with Crippen LogP contribution in [0.15, 0.2) is 102 Å². The van der Waals surface area contributed by atoms with Crippen LogP contribution in [0.3, 0.4) is 0 Å². The van der Waals surface area contributed by atoms with E-state index in [0.717, 1.165) is 33.4 Å². The number of hydrogen-bond acceptors (Lipinski definition) is 4. The lowest BCUT2D eigenvalue weighted by Gasteiger charge is -2.04. The van der Waals surface area contributed by atoms with Crippen molar-refractivity contribution in [3.63, 3.8) is 0 Å². The maximum absolute atomic E-state index is 12.7. The molecule has 0 bridgehead atoms. The molecule has 3 aromatic carbocycles. The highest BCUT2D eigenvalue weighted by Gasteiger charge is 2.23. The van der Waals surface area contributed by atoms with E-state index in [9.17, 15) is 4.79 Å². The van der Waals surface area contributed by atoms with Gasteiger partial charge in [0.15, 0.2) is 5.82 Å². The first-order valence-corrected chi connectivity index (χ1v) is 10.6. The summed E-state index contributed by atoms with van der Waals surface area (Å²) in [6.45, 7) is 0. The average Bonchev–Trinajstić information content (AvgIpc) is 3.47. The summed E-state index contributed by atoms with van der Waals surface area (Å²) in [6.07, 6.45) is 1.68. The van der Waals surface area contributed by atoms with E-state index in [1.807, 2.05) is 78.9 Å². The number of anilines is 1. The van der Waals surface area contributed by atoms with E-state index >= 15 is 0 Å². The number of rotatable bonds is 4. The lowest BCUT2D eigenvalue weighted by molar-refractivity contribution is 0.102. The molecular weight excluding hydrogens is 412 g/mol. The molecule has 0 saturated heterocycles. The second-order valence-corrected chi connectivity index (χ2v) is 7.66. The second-order valence-electron chi connectivity index (χ2n) is 7.66. The van der Waals surface area contributed by atoms with E-state index in [-0.39, 0.29) is 5.91 Å². The third-order valence-corrected chi connectivity index (χ3v) is 5.62. The van der Waals surface area contributed by atoms with Crippen molar-refractivity contribution in [3.05, 3.63) is 103 Å². The van der Waals surface area contributed by atoms with Crippen molar-refractivity contribution < 1.29 is 9.21 Å². The van der Waals surface area contributed by atoms with E-state index in [4.69, 9.17) is 4.42 Å². The SMILES string of the molecule is O=C(Nc1n[nH]c2c1cnc1oc(-c3ccccc3)c(-c3ccccc3)c12)c1ccccc1. The molecule has 0 aliphatic carbocycles. The van der Waals surface area contributed by atoms with Crippen LogP contribution >= 0.6 is 0 Å². The van der Waals surface area contributed by atoms with Crippen molar-refractivity contribution in [3.8, 4) is 22.5 Å². The number of nitrogens with zero attached hydrogens (tertiary/aromatic N) is 2. The zero-order valence-corrected chi connectivity index (χ0v) is 17.4. The zero-order chi connectivity index (χ0) is 22.2. The minimum absolute atomic E-state index is 0.232. The molecule has 6 rings (SSSR count). The van der Waals surface area contributed by atoms with Crippen LogP contribution in [0.4, 0.5) is 5.82 Å². The van der Waals surface area contributed by atoms with Crippen LogP contribution in [0, 0.1) is 0 Å². The first-order chi connectivity index (χ1) is 16.3. The molecule has 2 N–H and O–H groups in total. The van der Waals surface area contributed by atoms with E-state index in [2.05, 4.69) is 20.5 Å². The number of furan rings is 1. The van der Waals surface area contributed by atoms with Gasteiger partial charge in [0.05, 0.1) is 16.3 Å². The second kappa shape index (κ2) is 7.76. The standard InChI is InChI=1S/C27H18N4O2/c32-26(19-14-8-3-9-15-19)29-25-20-16-28-27-22(23(20)30-31-25)21(17-10-4-1-5-11-17)24(33-27)18-12-6-2-7-13-18/h1-16H,(H2,29,30,31,32). The van der Waals surface area contributed by atoms with Gasteiger partial charge in [0.2, 0.25) is 5.71 Å². The molecular formula is C27H18N4O2. The molecule has 1 amide bonds. The van der Waals surface area contributed by atoms with Gasteiger partial charge in [-0.1, -0.05) is 78.9 Å². The van der Waals surface area contributed by atoms with E-state index in [1.54, 1.807) is 18.3 Å². The number of H-pyrrole nitrogens is 1. The van der Waals surface area contributed by atoms with Gasteiger partial charge in [0.1, 0.15) is 5.76 Å². The largest absolute Gasteiger partial charge is 0.437 e. The number of benzene rings is 3. The minimum atomic E-state index is -0.232. The smallest absolute Gasteiger partial charge is 0.256 e. The quantitative estimate of drug-likeness (QED) is 0.344. The minimum Gasteiger partial charge on any atom is -0.437 e. The third kappa shape index (κ3) is 3.25. The summed E-state index contributed by atoms with van der Waals surface area (Å²) in [6, 6.07) is 29.1. The van der Waals surface area contributed by atoms with Crippen LogP contribution in [0.25, 0.3) is 44.5 Å². The molecule has 3 heterocycles. The number of pyridine rings is 1.